The number of carbonyl (C=O) groups excluding carboxylic acids is 1. The van der Waals surface area contributed by atoms with Crippen LogP contribution in [0, 0.1) is 0 Å². The molecule has 1 aliphatic heterocycles. The third-order valence-electron chi connectivity index (χ3n) is 4.50. The van der Waals surface area contributed by atoms with Crippen LogP contribution in [0.4, 0.5) is 5.69 Å². The summed E-state index contributed by atoms with van der Waals surface area (Å²) in [6, 6.07) is 9.37. The van der Waals surface area contributed by atoms with E-state index in [4.69, 9.17) is 21.1 Å². The Balaban J connectivity index is 1.71. The van der Waals surface area contributed by atoms with Gasteiger partial charge in [-0.15, -0.1) is 0 Å². The molecular formula is C22H24ClN3O5S. The van der Waals surface area contributed by atoms with Crippen LogP contribution < -0.4 is 19.5 Å². The molecule has 3 rings (SSSR count). The van der Waals surface area contributed by atoms with Crippen LogP contribution in [0.25, 0.3) is 6.08 Å². The van der Waals surface area contributed by atoms with Gasteiger partial charge in [0.1, 0.15) is 5.84 Å². The molecule has 32 heavy (non-hydrogen) atoms. The second kappa shape index (κ2) is 10.5. The first-order chi connectivity index (χ1) is 15.3. The number of sulfonamides is 1. The predicted molar refractivity (Wildman–Crippen MR) is 125 cm³/mol. The average Bonchev–Trinajstić information content (AvgIpc) is 3.25. The SMILES string of the molecule is CCOc1cc(/C=C/C(=O)Nc2cccc(S(=O)(=O)NC3=NCCC3)c2)cc(Cl)c1OC. The smallest absolute Gasteiger partial charge is 0.262 e. The highest BCUT2D eigenvalue weighted by Gasteiger charge is 2.18. The number of ether oxygens (including phenoxy) is 2. The summed E-state index contributed by atoms with van der Waals surface area (Å²) in [5.74, 6) is 0.912. The average molecular weight is 478 g/mol. The summed E-state index contributed by atoms with van der Waals surface area (Å²) in [7, 11) is -2.27. The third kappa shape index (κ3) is 6.02. The highest BCUT2D eigenvalue weighted by atomic mass is 35.5. The summed E-state index contributed by atoms with van der Waals surface area (Å²) in [5, 5.41) is 3.02. The maximum absolute atomic E-state index is 12.6. The summed E-state index contributed by atoms with van der Waals surface area (Å²) >= 11 is 6.23. The van der Waals surface area contributed by atoms with Gasteiger partial charge in [-0.05, 0) is 55.3 Å². The maximum atomic E-state index is 12.6. The molecule has 0 radical (unpaired) electrons. The summed E-state index contributed by atoms with van der Waals surface area (Å²) in [6.45, 7) is 2.89. The van der Waals surface area contributed by atoms with E-state index in [1.807, 2.05) is 6.92 Å². The van der Waals surface area contributed by atoms with Crippen LogP contribution in [0.15, 0.2) is 52.4 Å². The standard InChI is InChI=1S/C22H24ClN3O5S/c1-3-31-19-13-15(12-18(23)22(19)30-2)9-10-21(27)25-16-6-4-7-17(14-16)32(28,29)26-20-8-5-11-24-20/h4,6-7,9-10,12-14H,3,5,8,11H2,1-2H3,(H,24,26)(H,25,27)/b10-9+. The van der Waals surface area contributed by atoms with E-state index in [2.05, 4.69) is 15.0 Å². The van der Waals surface area contributed by atoms with Crippen LogP contribution in [0.5, 0.6) is 11.5 Å². The van der Waals surface area contributed by atoms with Crippen molar-refractivity contribution < 1.29 is 22.7 Å². The Labute approximate surface area is 192 Å². The van der Waals surface area contributed by atoms with Crippen molar-refractivity contribution >= 4 is 45.1 Å². The molecule has 2 N–H and O–H groups in total. The molecule has 2 aromatic rings. The van der Waals surface area contributed by atoms with Crippen molar-refractivity contribution in [2.75, 3.05) is 25.6 Å². The summed E-state index contributed by atoms with van der Waals surface area (Å²) < 4.78 is 38.4. The molecule has 0 spiro atoms. The molecule has 0 aromatic heterocycles. The topological polar surface area (TPSA) is 106 Å². The number of carbonyl (C=O) groups is 1. The molecule has 1 aliphatic rings. The minimum Gasteiger partial charge on any atom is -0.491 e. The quantitative estimate of drug-likeness (QED) is 0.561. The Morgan fingerprint density at radius 1 is 1.28 bits per heavy atom. The number of nitrogens with one attached hydrogen (secondary N) is 2. The largest absolute Gasteiger partial charge is 0.491 e. The normalized spacial score (nSPS) is 13.7. The molecule has 8 nitrogen and oxygen atoms in total. The lowest BCUT2D eigenvalue weighted by molar-refractivity contribution is -0.111. The van der Waals surface area contributed by atoms with E-state index >= 15 is 0 Å². The van der Waals surface area contributed by atoms with Crippen LogP contribution in [0.2, 0.25) is 5.02 Å². The highest BCUT2D eigenvalue weighted by Crippen LogP contribution is 2.36. The van der Waals surface area contributed by atoms with Gasteiger partial charge in [-0.25, -0.2) is 8.42 Å². The van der Waals surface area contributed by atoms with E-state index in [1.165, 1.54) is 25.3 Å². The Morgan fingerprint density at radius 2 is 2.09 bits per heavy atom. The molecule has 0 fully saturated rings. The number of methoxy groups -OCH3 is 1. The predicted octanol–water partition coefficient (Wildman–Crippen LogP) is 3.87. The molecule has 0 atom stereocenters. The van der Waals surface area contributed by atoms with Crippen molar-refractivity contribution in [1.82, 2.24) is 4.72 Å². The number of aliphatic imine (C=N–C) groups is 1. The lowest BCUT2D eigenvalue weighted by atomic mass is 10.2. The molecular weight excluding hydrogens is 454 g/mol. The van der Waals surface area contributed by atoms with Crippen LogP contribution in [-0.4, -0.2) is 40.4 Å². The molecule has 0 saturated carbocycles. The monoisotopic (exact) mass is 477 g/mol. The second-order valence-corrected chi connectivity index (χ2v) is 8.94. The molecule has 2 aromatic carbocycles. The first kappa shape index (κ1) is 23.6. The van der Waals surface area contributed by atoms with E-state index < -0.39 is 15.9 Å². The fourth-order valence-electron chi connectivity index (χ4n) is 3.08. The lowest BCUT2D eigenvalue weighted by Gasteiger charge is -2.11. The van der Waals surface area contributed by atoms with Crippen molar-refractivity contribution in [2.45, 2.75) is 24.7 Å². The lowest BCUT2D eigenvalue weighted by Crippen LogP contribution is -2.29. The van der Waals surface area contributed by atoms with E-state index in [-0.39, 0.29) is 4.90 Å². The Morgan fingerprint density at radius 3 is 2.78 bits per heavy atom. The number of anilines is 1. The van der Waals surface area contributed by atoms with Gasteiger partial charge < -0.3 is 14.8 Å². The van der Waals surface area contributed by atoms with Crippen LogP contribution in [0.3, 0.4) is 0 Å². The van der Waals surface area contributed by atoms with Gasteiger partial charge in [0.25, 0.3) is 10.0 Å². The van der Waals surface area contributed by atoms with Crippen LogP contribution in [-0.2, 0) is 14.8 Å². The highest BCUT2D eigenvalue weighted by molar-refractivity contribution is 7.90. The molecule has 10 heteroatoms. The van der Waals surface area contributed by atoms with Gasteiger partial charge in [-0.1, -0.05) is 17.7 Å². The van der Waals surface area contributed by atoms with Crippen molar-refractivity contribution in [3.05, 3.63) is 53.1 Å². The van der Waals surface area contributed by atoms with Gasteiger partial charge in [0.15, 0.2) is 11.5 Å². The number of amidine groups is 1. The minimum atomic E-state index is -3.77. The zero-order valence-corrected chi connectivity index (χ0v) is 19.3. The zero-order chi connectivity index (χ0) is 23.1. The molecule has 0 bridgehead atoms. The second-order valence-electron chi connectivity index (χ2n) is 6.86. The minimum absolute atomic E-state index is 0.0390. The molecule has 0 saturated heterocycles. The van der Waals surface area contributed by atoms with Gasteiger partial charge in [0.05, 0.1) is 23.6 Å². The Bertz CT molecular complexity index is 1160. The van der Waals surface area contributed by atoms with E-state index in [1.54, 1.807) is 30.3 Å². The van der Waals surface area contributed by atoms with E-state index in [0.29, 0.717) is 53.2 Å². The van der Waals surface area contributed by atoms with Crippen molar-refractivity contribution in [1.29, 1.82) is 0 Å². The van der Waals surface area contributed by atoms with Crippen LogP contribution >= 0.6 is 11.6 Å². The van der Waals surface area contributed by atoms with E-state index in [0.717, 1.165) is 6.42 Å². The van der Waals surface area contributed by atoms with E-state index in [9.17, 15) is 13.2 Å². The van der Waals surface area contributed by atoms with Crippen molar-refractivity contribution in [3.63, 3.8) is 0 Å². The molecule has 1 heterocycles. The zero-order valence-electron chi connectivity index (χ0n) is 17.7. The number of amides is 1. The van der Waals surface area contributed by atoms with Crippen molar-refractivity contribution in [2.24, 2.45) is 4.99 Å². The number of rotatable bonds is 8. The van der Waals surface area contributed by atoms with Gasteiger partial charge in [-0.2, -0.15) is 0 Å². The fraction of sp³-hybridized carbons (Fsp3) is 0.273. The van der Waals surface area contributed by atoms with Crippen LogP contribution in [0.1, 0.15) is 25.3 Å². The number of hydrogen-bond donors (Lipinski definition) is 2. The van der Waals surface area contributed by atoms with Gasteiger partial charge in [-0.3, -0.25) is 14.5 Å². The maximum Gasteiger partial charge on any atom is 0.262 e. The molecule has 0 aliphatic carbocycles. The molecule has 0 unspecified atom stereocenters. The first-order valence-electron chi connectivity index (χ1n) is 9.98. The summed E-state index contributed by atoms with van der Waals surface area (Å²) in [5.41, 5.74) is 0.992. The fourth-order valence-corrected chi connectivity index (χ4v) is 4.51. The number of halogens is 1. The van der Waals surface area contributed by atoms with Gasteiger partial charge in [0, 0.05) is 24.7 Å². The Kier molecular flexibility index (Phi) is 7.76. The first-order valence-corrected chi connectivity index (χ1v) is 11.8. The van der Waals surface area contributed by atoms with Gasteiger partial charge in [0.2, 0.25) is 5.91 Å². The van der Waals surface area contributed by atoms with Gasteiger partial charge >= 0.3 is 0 Å². The molecule has 170 valence electrons. The van der Waals surface area contributed by atoms with Crippen molar-refractivity contribution in [3.8, 4) is 11.5 Å². The third-order valence-corrected chi connectivity index (χ3v) is 6.16. The number of hydrogen-bond acceptors (Lipinski definition) is 6. The number of benzene rings is 2. The Hall–Kier alpha value is -3.04. The number of nitrogens with zero attached hydrogens (tertiary/aromatic N) is 1. The summed E-state index contributed by atoms with van der Waals surface area (Å²) in [6.07, 6.45) is 4.32. The summed E-state index contributed by atoms with van der Waals surface area (Å²) in [4.78, 5) is 16.5. The molecule has 1 amide bonds.